The second-order valence-corrected chi connectivity index (χ2v) is 6.93. The van der Waals surface area contributed by atoms with Crippen LogP contribution in [0.2, 0.25) is 0 Å². The van der Waals surface area contributed by atoms with Gasteiger partial charge < -0.3 is 9.64 Å². The summed E-state index contributed by atoms with van der Waals surface area (Å²) in [6.07, 6.45) is 0.327. The Balaban J connectivity index is 2.21. The van der Waals surface area contributed by atoms with Crippen LogP contribution in [0.5, 0.6) is 5.75 Å². The standard InChI is InChI=1S/C13H19N3O4S/c1-15(2)21(18,19)14-9-10-4-5-12-11(8-10)16(3)13(17)6-7-20-12/h4-5,8,14H,6-7,9H2,1-3H3. The molecule has 1 N–H and O–H groups in total. The van der Waals surface area contributed by atoms with Crippen LogP contribution in [-0.4, -0.2) is 46.4 Å². The minimum atomic E-state index is -3.48. The van der Waals surface area contributed by atoms with Gasteiger partial charge in [0.15, 0.2) is 0 Å². The second kappa shape index (κ2) is 6.00. The van der Waals surface area contributed by atoms with E-state index < -0.39 is 10.2 Å². The molecule has 21 heavy (non-hydrogen) atoms. The van der Waals surface area contributed by atoms with E-state index in [9.17, 15) is 13.2 Å². The zero-order valence-electron chi connectivity index (χ0n) is 12.3. The maximum Gasteiger partial charge on any atom is 0.279 e. The molecule has 1 amide bonds. The Morgan fingerprint density at radius 1 is 1.38 bits per heavy atom. The first-order valence-electron chi connectivity index (χ1n) is 6.50. The van der Waals surface area contributed by atoms with Crippen molar-refractivity contribution in [3.63, 3.8) is 0 Å². The molecular weight excluding hydrogens is 294 g/mol. The summed E-state index contributed by atoms with van der Waals surface area (Å²) in [7, 11) is 1.12. The number of ether oxygens (including phenoxy) is 1. The number of hydrogen-bond donors (Lipinski definition) is 1. The minimum Gasteiger partial charge on any atom is -0.491 e. The van der Waals surface area contributed by atoms with Crippen LogP contribution in [0.3, 0.4) is 0 Å². The third kappa shape index (κ3) is 3.52. The molecule has 0 fully saturated rings. The quantitative estimate of drug-likeness (QED) is 0.869. The van der Waals surface area contributed by atoms with Gasteiger partial charge in [-0.2, -0.15) is 17.4 Å². The van der Waals surface area contributed by atoms with Crippen LogP contribution in [0.25, 0.3) is 0 Å². The lowest BCUT2D eigenvalue weighted by molar-refractivity contribution is -0.118. The number of carbonyl (C=O) groups is 1. The Morgan fingerprint density at radius 2 is 2.10 bits per heavy atom. The molecular formula is C13H19N3O4S. The van der Waals surface area contributed by atoms with E-state index in [0.717, 1.165) is 9.87 Å². The van der Waals surface area contributed by atoms with Crippen molar-refractivity contribution in [2.75, 3.05) is 32.6 Å². The van der Waals surface area contributed by atoms with Crippen LogP contribution in [0, 0.1) is 0 Å². The van der Waals surface area contributed by atoms with Gasteiger partial charge >= 0.3 is 0 Å². The molecule has 0 bridgehead atoms. The van der Waals surface area contributed by atoms with Crippen molar-refractivity contribution < 1.29 is 17.9 Å². The Labute approximate surface area is 124 Å². The van der Waals surface area contributed by atoms with E-state index in [1.807, 2.05) is 0 Å². The smallest absolute Gasteiger partial charge is 0.279 e. The Kier molecular flexibility index (Phi) is 4.50. The van der Waals surface area contributed by atoms with Crippen molar-refractivity contribution in [1.29, 1.82) is 0 Å². The largest absolute Gasteiger partial charge is 0.491 e. The SMILES string of the molecule is CN1C(=O)CCOc2ccc(CNS(=O)(=O)N(C)C)cc21. The molecule has 0 unspecified atom stereocenters. The first kappa shape index (κ1) is 15.7. The number of nitrogens with one attached hydrogen (secondary N) is 1. The van der Waals surface area contributed by atoms with Gasteiger partial charge in [-0.05, 0) is 17.7 Å². The molecule has 1 aliphatic heterocycles. The van der Waals surface area contributed by atoms with E-state index in [2.05, 4.69) is 4.72 Å². The first-order chi connectivity index (χ1) is 9.81. The van der Waals surface area contributed by atoms with Gasteiger partial charge in [0, 0.05) is 27.7 Å². The van der Waals surface area contributed by atoms with E-state index in [-0.39, 0.29) is 12.5 Å². The third-order valence-electron chi connectivity index (χ3n) is 3.27. The molecule has 1 aliphatic rings. The van der Waals surface area contributed by atoms with E-state index in [0.29, 0.717) is 24.5 Å². The fraction of sp³-hybridized carbons (Fsp3) is 0.462. The summed E-state index contributed by atoms with van der Waals surface area (Å²) < 4.78 is 32.5. The molecule has 1 aromatic rings. The van der Waals surface area contributed by atoms with Gasteiger partial charge in [0.05, 0.1) is 18.7 Å². The zero-order chi connectivity index (χ0) is 15.6. The van der Waals surface area contributed by atoms with Gasteiger partial charge in [-0.1, -0.05) is 6.07 Å². The number of benzene rings is 1. The van der Waals surface area contributed by atoms with Gasteiger partial charge in [-0.15, -0.1) is 0 Å². The molecule has 2 rings (SSSR count). The Hall–Kier alpha value is -1.64. The number of carbonyl (C=O) groups excluding carboxylic acids is 1. The van der Waals surface area contributed by atoms with Crippen molar-refractivity contribution >= 4 is 21.8 Å². The van der Waals surface area contributed by atoms with Crippen LogP contribution in [0.4, 0.5) is 5.69 Å². The number of rotatable bonds is 4. The maximum atomic E-state index is 11.8. The molecule has 1 aromatic carbocycles. The Morgan fingerprint density at radius 3 is 2.76 bits per heavy atom. The van der Waals surface area contributed by atoms with Gasteiger partial charge in [0.2, 0.25) is 5.91 Å². The highest BCUT2D eigenvalue weighted by Gasteiger charge is 2.20. The van der Waals surface area contributed by atoms with E-state index in [1.165, 1.54) is 19.0 Å². The predicted octanol–water partition coefficient (Wildman–Crippen LogP) is 0.328. The summed E-state index contributed by atoms with van der Waals surface area (Å²) >= 11 is 0. The summed E-state index contributed by atoms with van der Waals surface area (Å²) in [6.45, 7) is 0.499. The van der Waals surface area contributed by atoms with Gasteiger partial charge in [0.25, 0.3) is 10.2 Å². The van der Waals surface area contributed by atoms with E-state index in [1.54, 1.807) is 25.2 Å². The molecule has 116 valence electrons. The highest BCUT2D eigenvalue weighted by Crippen LogP contribution is 2.31. The van der Waals surface area contributed by atoms with Crippen molar-refractivity contribution in [3.05, 3.63) is 23.8 Å². The lowest BCUT2D eigenvalue weighted by atomic mass is 10.1. The molecule has 0 spiro atoms. The van der Waals surface area contributed by atoms with Crippen molar-refractivity contribution in [2.45, 2.75) is 13.0 Å². The zero-order valence-corrected chi connectivity index (χ0v) is 13.1. The van der Waals surface area contributed by atoms with Gasteiger partial charge in [0.1, 0.15) is 5.75 Å². The fourth-order valence-corrected chi connectivity index (χ4v) is 2.52. The summed E-state index contributed by atoms with van der Waals surface area (Å²) in [5, 5.41) is 0. The number of fused-ring (bicyclic) bond motifs is 1. The molecule has 0 aliphatic carbocycles. The molecule has 0 radical (unpaired) electrons. The fourth-order valence-electron chi connectivity index (χ4n) is 1.91. The highest BCUT2D eigenvalue weighted by atomic mass is 32.2. The van der Waals surface area contributed by atoms with Crippen molar-refractivity contribution in [3.8, 4) is 5.75 Å². The molecule has 0 saturated heterocycles. The van der Waals surface area contributed by atoms with Crippen molar-refractivity contribution in [2.24, 2.45) is 0 Å². The van der Waals surface area contributed by atoms with Crippen LogP contribution in [-0.2, 0) is 21.5 Å². The third-order valence-corrected chi connectivity index (χ3v) is 4.74. The average molecular weight is 313 g/mol. The minimum absolute atomic E-state index is 0.0280. The number of hydrogen-bond acceptors (Lipinski definition) is 4. The maximum absolute atomic E-state index is 11.8. The van der Waals surface area contributed by atoms with Gasteiger partial charge in [-0.3, -0.25) is 4.79 Å². The molecule has 0 aromatic heterocycles. The topological polar surface area (TPSA) is 79.0 Å². The van der Waals surface area contributed by atoms with Crippen LogP contribution in [0.15, 0.2) is 18.2 Å². The lowest BCUT2D eigenvalue weighted by Gasteiger charge is -2.18. The lowest BCUT2D eigenvalue weighted by Crippen LogP contribution is -2.35. The first-order valence-corrected chi connectivity index (χ1v) is 7.94. The van der Waals surface area contributed by atoms with E-state index >= 15 is 0 Å². The second-order valence-electron chi connectivity index (χ2n) is 4.96. The van der Waals surface area contributed by atoms with Crippen LogP contribution >= 0.6 is 0 Å². The average Bonchev–Trinajstić information content (AvgIpc) is 2.57. The normalized spacial score (nSPS) is 15.6. The number of nitrogens with zero attached hydrogens (tertiary/aromatic N) is 2. The molecule has 0 saturated carbocycles. The highest BCUT2D eigenvalue weighted by molar-refractivity contribution is 7.87. The molecule has 8 heteroatoms. The van der Waals surface area contributed by atoms with Crippen LogP contribution < -0.4 is 14.4 Å². The summed E-state index contributed by atoms with van der Waals surface area (Å²) in [4.78, 5) is 13.4. The molecule has 1 heterocycles. The van der Waals surface area contributed by atoms with Crippen LogP contribution in [0.1, 0.15) is 12.0 Å². The number of amides is 1. The summed E-state index contributed by atoms with van der Waals surface area (Å²) in [5.74, 6) is 0.599. The van der Waals surface area contributed by atoms with Crippen molar-refractivity contribution in [1.82, 2.24) is 9.03 Å². The summed E-state index contributed by atoms with van der Waals surface area (Å²) in [5.41, 5.74) is 1.41. The Bertz CT molecular complexity index is 643. The van der Waals surface area contributed by atoms with E-state index in [4.69, 9.17) is 4.74 Å². The molecule has 7 nitrogen and oxygen atoms in total. The monoisotopic (exact) mass is 313 g/mol. The summed E-state index contributed by atoms with van der Waals surface area (Å²) in [6, 6.07) is 5.29. The number of anilines is 1. The van der Waals surface area contributed by atoms with Gasteiger partial charge in [-0.25, -0.2) is 0 Å². The predicted molar refractivity (Wildman–Crippen MR) is 79.4 cm³/mol. The molecule has 0 atom stereocenters.